The molecule has 0 bridgehead atoms. The van der Waals surface area contributed by atoms with Crippen molar-refractivity contribution in [3.63, 3.8) is 0 Å². The van der Waals surface area contributed by atoms with Crippen molar-refractivity contribution in [2.45, 2.75) is 31.2 Å². The van der Waals surface area contributed by atoms with Crippen molar-refractivity contribution >= 4 is 11.3 Å². The molecule has 0 saturated heterocycles. The lowest BCUT2D eigenvalue weighted by molar-refractivity contribution is 0.545. The second-order valence-corrected chi connectivity index (χ2v) is 5.54. The highest BCUT2D eigenvalue weighted by Crippen LogP contribution is 2.33. The highest BCUT2D eigenvalue weighted by molar-refractivity contribution is 7.13. The van der Waals surface area contributed by atoms with Gasteiger partial charge < -0.3 is 5.73 Å². The van der Waals surface area contributed by atoms with Gasteiger partial charge >= 0.3 is 0 Å². The average molecular weight is 248 g/mol. The molecule has 1 aliphatic carbocycles. The minimum Gasteiger partial charge on any atom is -0.327 e. The number of nitrogens with two attached hydrogens (primary N) is 1. The zero-order chi connectivity index (χ0) is 11.8. The van der Waals surface area contributed by atoms with Crippen LogP contribution in [0.5, 0.6) is 0 Å². The molecule has 2 heterocycles. The fraction of sp³-hybridized carbons (Fsp3) is 0.500. The van der Waals surface area contributed by atoms with Crippen LogP contribution in [-0.2, 0) is 7.05 Å². The van der Waals surface area contributed by atoms with Crippen molar-refractivity contribution in [1.82, 2.24) is 14.8 Å². The third-order valence-corrected chi connectivity index (χ3v) is 4.31. The molecule has 2 aromatic rings. The van der Waals surface area contributed by atoms with Crippen molar-refractivity contribution < 1.29 is 0 Å². The van der Waals surface area contributed by atoms with E-state index in [1.807, 2.05) is 23.2 Å². The summed E-state index contributed by atoms with van der Waals surface area (Å²) in [6, 6.07) is 4.32. The molecule has 0 spiro atoms. The zero-order valence-corrected chi connectivity index (χ0v) is 10.7. The molecule has 90 valence electrons. The predicted molar refractivity (Wildman–Crippen MR) is 68.9 cm³/mol. The van der Waals surface area contributed by atoms with Crippen LogP contribution in [0.3, 0.4) is 0 Å². The van der Waals surface area contributed by atoms with Gasteiger partial charge in [-0.3, -0.25) is 4.68 Å². The van der Waals surface area contributed by atoms with Gasteiger partial charge in [-0.25, -0.2) is 4.98 Å². The van der Waals surface area contributed by atoms with Gasteiger partial charge in [-0.2, -0.15) is 5.10 Å². The van der Waals surface area contributed by atoms with E-state index in [9.17, 15) is 0 Å². The lowest BCUT2D eigenvalue weighted by atomic mass is 10.0. The SMILES string of the molecule is Cn1nc(-c2cccs2)nc1C1CCCC1N. The average Bonchev–Trinajstić information content (AvgIpc) is 2.98. The molecule has 5 heteroatoms. The number of hydrogen-bond acceptors (Lipinski definition) is 4. The molecule has 2 atom stereocenters. The molecule has 1 saturated carbocycles. The molecule has 0 aromatic carbocycles. The summed E-state index contributed by atoms with van der Waals surface area (Å²) in [5.41, 5.74) is 6.13. The topological polar surface area (TPSA) is 56.7 Å². The smallest absolute Gasteiger partial charge is 0.191 e. The normalized spacial score (nSPS) is 24.4. The number of aryl methyl sites for hydroxylation is 1. The summed E-state index contributed by atoms with van der Waals surface area (Å²) in [5.74, 6) is 2.25. The summed E-state index contributed by atoms with van der Waals surface area (Å²) < 4.78 is 1.89. The number of rotatable bonds is 2. The van der Waals surface area contributed by atoms with E-state index in [2.05, 4.69) is 16.1 Å². The lowest BCUT2D eigenvalue weighted by Crippen LogP contribution is -2.25. The van der Waals surface area contributed by atoms with Crippen molar-refractivity contribution in [3.05, 3.63) is 23.3 Å². The van der Waals surface area contributed by atoms with Crippen LogP contribution < -0.4 is 5.73 Å². The minimum atomic E-state index is 0.245. The van der Waals surface area contributed by atoms with E-state index in [1.54, 1.807) is 11.3 Å². The van der Waals surface area contributed by atoms with Crippen LogP contribution in [0.2, 0.25) is 0 Å². The maximum absolute atomic E-state index is 6.13. The van der Waals surface area contributed by atoms with Crippen LogP contribution in [0.15, 0.2) is 17.5 Å². The Hall–Kier alpha value is -1.20. The zero-order valence-electron chi connectivity index (χ0n) is 9.84. The van der Waals surface area contributed by atoms with Gasteiger partial charge in [0.15, 0.2) is 5.82 Å². The third kappa shape index (κ3) is 1.89. The van der Waals surface area contributed by atoms with Crippen molar-refractivity contribution in [1.29, 1.82) is 0 Å². The summed E-state index contributed by atoms with van der Waals surface area (Å²) in [6.07, 6.45) is 3.44. The Morgan fingerprint density at radius 2 is 2.35 bits per heavy atom. The Morgan fingerprint density at radius 3 is 3.00 bits per heavy atom. The summed E-state index contributed by atoms with van der Waals surface area (Å²) in [5, 5.41) is 6.54. The lowest BCUT2D eigenvalue weighted by Gasteiger charge is -2.13. The van der Waals surface area contributed by atoms with Crippen LogP contribution in [0, 0.1) is 0 Å². The van der Waals surface area contributed by atoms with E-state index in [-0.39, 0.29) is 6.04 Å². The first-order valence-corrected chi connectivity index (χ1v) is 6.84. The minimum absolute atomic E-state index is 0.245. The molecule has 2 aromatic heterocycles. The van der Waals surface area contributed by atoms with E-state index in [4.69, 9.17) is 5.73 Å². The fourth-order valence-electron chi connectivity index (χ4n) is 2.54. The van der Waals surface area contributed by atoms with E-state index in [1.165, 1.54) is 6.42 Å². The van der Waals surface area contributed by atoms with Gasteiger partial charge in [0.2, 0.25) is 0 Å². The van der Waals surface area contributed by atoms with E-state index in [0.29, 0.717) is 5.92 Å². The first-order valence-electron chi connectivity index (χ1n) is 5.96. The maximum atomic E-state index is 6.13. The fourth-order valence-corrected chi connectivity index (χ4v) is 3.19. The molecule has 0 radical (unpaired) electrons. The molecule has 0 aliphatic heterocycles. The largest absolute Gasteiger partial charge is 0.327 e. The number of nitrogens with zero attached hydrogens (tertiary/aromatic N) is 3. The van der Waals surface area contributed by atoms with Crippen molar-refractivity contribution in [3.8, 4) is 10.7 Å². The quantitative estimate of drug-likeness (QED) is 0.886. The van der Waals surface area contributed by atoms with Gasteiger partial charge in [0.05, 0.1) is 4.88 Å². The molecule has 17 heavy (non-hydrogen) atoms. The van der Waals surface area contributed by atoms with Gasteiger partial charge in [-0.15, -0.1) is 11.3 Å². The first kappa shape index (κ1) is 10.9. The molecular weight excluding hydrogens is 232 g/mol. The Labute approximate surface area is 104 Å². The Balaban J connectivity index is 1.96. The molecule has 2 unspecified atom stereocenters. The van der Waals surface area contributed by atoms with Crippen LogP contribution in [0.25, 0.3) is 10.7 Å². The highest BCUT2D eigenvalue weighted by Gasteiger charge is 2.29. The maximum Gasteiger partial charge on any atom is 0.191 e. The number of thiophene rings is 1. The second kappa shape index (κ2) is 4.23. The molecule has 0 amide bonds. The standard InChI is InChI=1S/C12H16N4S/c1-16-12(8-4-2-5-9(8)13)14-11(15-16)10-6-3-7-17-10/h3,6-9H,2,4-5,13H2,1H3. The van der Waals surface area contributed by atoms with Crippen LogP contribution in [-0.4, -0.2) is 20.8 Å². The van der Waals surface area contributed by atoms with Gasteiger partial charge in [0.25, 0.3) is 0 Å². The van der Waals surface area contributed by atoms with Gasteiger partial charge in [0.1, 0.15) is 5.82 Å². The molecular formula is C12H16N4S. The Kier molecular flexibility index (Phi) is 2.72. The van der Waals surface area contributed by atoms with E-state index >= 15 is 0 Å². The Morgan fingerprint density at radius 1 is 1.47 bits per heavy atom. The first-order chi connectivity index (χ1) is 8.25. The van der Waals surface area contributed by atoms with Crippen LogP contribution in [0.1, 0.15) is 31.0 Å². The second-order valence-electron chi connectivity index (χ2n) is 4.60. The molecule has 1 aliphatic rings. The van der Waals surface area contributed by atoms with Gasteiger partial charge in [0, 0.05) is 19.0 Å². The van der Waals surface area contributed by atoms with Gasteiger partial charge in [-0.1, -0.05) is 12.5 Å². The number of aromatic nitrogens is 3. The van der Waals surface area contributed by atoms with Crippen LogP contribution in [0.4, 0.5) is 0 Å². The number of hydrogen-bond donors (Lipinski definition) is 1. The monoisotopic (exact) mass is 248 g/mol. The highest BCUT2D eigenvalue weighted by atomic mass is 32.1. The molecule has 4 nitrogen and oxygen atoms in total. The van der Waals surface area contributed by atoms with Crippen molar-refractivity contribution in [2.24, 2.45) is 12.8 Å². The van der Waals surface area contributed by atoms with Crippen LogP contribution >= 0.6 is 11.3 Å². The molecule has 3 rings (SSSR count). The summed E-state index contributed by atoms with van der Waals surface area (Å²) in [4.78, 5) is 5.79. The predicted octanol–water partition coefficient (Wildman–Crippen LogP) is 2.14. The Bertz CT molecular complexity index is 503. The van der Waals surface area contributed by atoms with E-state index < -0.39 is 0 Å². The summed E-state index contributed by atoms with van der Waals surface area (Å²) in [6.45, 7) is 0. The molecule has 2 N–H and O–H groups in total. The van der Waals surface area contributed by atoms with Crippen molar-refractivity contribution in [2.75, 3.05) is 0 Å². The van der Waals surface area contributed by atoms with E-state index in [0.717, 1.165) is 29.4 Å². The van der Waals surface area contributed by atoms with Gasteiger partial charge in [-0.05, 0) is 24.3 Å². The summed E-state index contributed by atoms with van der Waals surface area (Å²) >= 11 is 1.67. The third-order valence-electron chi connectivity index (χ3n) is 3.44. The molecule has 1 fully saturated rings. The summed E-state index contributed by atoms with van der Waals surface area (Å²) in [7, 11) is 1.96.